The Hall–Kier alpha value is -2.82. The second kappa shape index (κ2) is 8.89. The summed E-state index contributed by atoms with van der Waals surface area (Å²) in [5, 5.41) is 19.0. The third kappa shape index (κ3) is 4.06. The summed E-state index contributed by atoms with van der Waals surface area (Å²) >= 11 is 0. The lowest BCUT2D eigenvalue weighted by molar-refractivity contribution is -0.129. The van der Waals surface area contributed by atoms with Gasteiger partial charge in [-0.25, -0.2) is 0 Å². The molecule has 6 aliphatic rings. The molecule has 0 aromatic carbocycles. The number of aliphatic hydroxyl groups is 1. The molecule has 2 aromatic rings. The van der Waals surface area contributed by atoms with E-state index in [9.17, 15) is 9.90 Å². The van der Waals surface area contributed by atoms with Crippen LogP contribution in [0, 0.1) is 17.8 Å². The number of hydrogen-bond donors (Lipinski definition) is 2. The van der Waals surface area contributed by atoms with Gasteiger partial charge in [-0.1, -0.05) is 17.3 Å². The van der Waals surface area contributed by atoms with E-state index in [-0.39, 0.29) is 29.8 Å². The maximum absolute atomic E-state index is 13.2. The molecule has 37 heavy (non-hydrogen) atoms. The SMILES string of the molecule is COC[C@@H]1CN(C(=O)c2noc(-c3cnc4c(c3NC3[C@@H]5CC6C[C@H]3CC(O)(C6)C5)C=CC4)n2)CCO1. The summed E-state index contributed by atoms with van der Waals surface area (Å²) in [5.74, 6) is 1.56. The number of anilines is 1. The number of amides is 1. The number of nitrogens with zero attached hydrogens (tertiary/aromatic N) is 4. The van der Waals surface area contributed by atoms with Gasteiger partial charge >= 0.3 is 0 Å². The third-order valence-electron chi connectivity index (χ3n) is 8.97. The molecule has 1 aliphatic heterocycles. The van der Waals surface area contributed by atoms with Crippen molar-refractivity contribution in [1.82, 2.24) is 20.0 Å². The van der Waals surface area contributed by atoms with Gasteiger partial charge in [0.05, 0.1) is 41.9 Å². The smallest absolute Gasteiger partial charge is 0.295 e. The molecule has 0 radical (unpaired) electrons. The van der Waals surface area contributed by atoms with Crippen LogP contribution < -0.4 is 5.32 Å². The summed E-state index contributed by atoms with van der Waals surface area (Å²) in [4.78, 5) is 24.0. The van der Waals surface area contributed by atoms with Gasteiger partial charge in [-0.3, -0.25) is 9.78 Å². The van der Waals surface area contributed by atoms with E-state index in [1.807, 2.05) is 0 Å². The fraction of sp³-hybridized carbons (Fsp3) is 0.630. The molecule has 6 atom stereocenters. The zero-order chi connectivity index (χ0) is 25.1. The normalized spacial score (nSPS) is 33.7. The maximum Gasteiger partial charge on any atom is 0.295 e. The van der Waals surface area contributed by atoms with Crippen molar-refractivity contribution in [1.29, 1.82) is 0 Å². The monoisotopic (exact) mass is 507 g/mol. The lowest BCUT2D eigenvalue weighted by Crippen LogP contribution is -2.59. The molecular formula is C27H33N5O5. The summed E-state index contributed by atoms with van der Waals surface area (Å²) in [7, 11) is 1.62. The number of nitrogens with one attached hydrogen (secondary N) is 1. The van der Waals surface area contributed by atoms with Gasteiger partial charge in [-0.05, 0) is 49.9 Å². The fourth-order valence-electron chi connectivity index (χ4n) is 7.65. The molecule has 1 saturated heterocycles. The molecule has 2 aromatic heterocycles. The highest BCUT2D eigenvalue weighted by atomic mass is 16.5. The lowest BCUT2D eigenvalue weighted by atomic mass is 9.52. The highest BCUT2D eigenvalue weighted by Crippen LogP contribution is 2.56. The molecule has 3 unspecified atom stereocenters. The number of carbonyl (C=O) groups excluding carboxylic acids is 1. The largest absolute Gasteiger partial charge is 0.390 e. The average molecular weight is 508 g/mol. The van der Waals surface area contributed by atoms with Crippen molar-refractivity contribution in [2.24, 2.45) is 17.8 Å². The number of rotatable bonds is 6. The van der Waals surface area contributed by atoms with Crippen LogP contribution in [0.5, 0.6) is 0 Å². The number of pyridine rings is 1. The summed E-state index contributed by atoms with van der Waals surface area (Å²) < 4.78 is 16.5. The molecular weight excluding hydrogens is 474 g/mol. The Morgan fingerprint density at radius 1 is 1.30 bits per heavy atom. The quantitative estimate of drug-likeness (QED) is 0.607. The van der Waals surface area contributed by atoms with Gasteiger partial charge in [0, 0.05) is 44.4 Å². The van der Waals surface area contributed by atoms with Gasteiger partial charge in [-0.15, -0.1) is 0 Å². The standard InChI is InChI=1S/C27H33N5O5/c1-35-14-18-13-32(5-6-36-18)26(33)24-30-25(37-31-24)20-12-28-21-4-2-3-19(21)23(20)29-22-16-7-15-8-17(22)11-27(34,9-15)10-16/h2-3,12,15-18,22,34H,4-11,13-14H2,1H3,(H,28,29)/t15?,16-,17+,18-,22?,27?/m0/s1. The van der Waals surface area contributed by atoms with Crippen molar-refractivity contribution >= 4 is 17.7 Å². The molecule has 0 spiro atoms. The first-order valence-corrected chi connectivity index (χ1v) is 13.4. The summed E-state index contributed by atoms with van der Waals surface area (Å²) in [5.41, 5.74) is 3.23. The van der Waals surface area contributed by atoms with E-state index in [0.717, 1.165) is 55.5 Å². The van der Waals surface area contributed by atoms with Crippen molar-refractivity contribution in [2.45, 2.75) is 56.3 Å². The van der Waals surface area contributed by atoms with Gasteiger partial charge in [0.15, 0.2) is 0 Å². The number of aromatic nitrogens is 3. The van der Waals surface area contributed by atoms with Crippen LogP contribution in [0.1, 0.15) is 54.0 Å². The van der Waals surface area contributed by atoms with Crippen molar-refractivity contribution in [3.8, 4) is 11.5 Å². The van der Waals surface area contributed by atoms with Crippen LogP contribution in [0.3, 0.4) is 0 Å². The van der Waals surface area contributed by atoms with Crippen molar-refractivity contribution in [3.63, 3.8) is 0 Å². The second-order valence-corrected chi connectivity index (χ2v) is 11.5. The van der Waals surface area contributed by atoms with E-state index < -0.39 is 5.60 Å². The molecule has 1 amide bonds. The third-order valence-corrected chi connectivity index (χ3v) is 8.97. The van der Waals surface area contributed by atoms with Crippen LogP contribution in [-0.4, -0.2) is 82.2 Å². The van der Waals surface area contributed by atoms with E-state index in [4.69, 9.17) is 14.0 Å². The topological polar surface area (TPSA) is 123 Å². The van der Waals surface area contributed by atoms with E-state index in [1.165, 1.54) is 0 Å². The summed E-state index contributed by atoms with van der Waals surface area (Å²) in [6.07, 6.45) is 11.6. The van der Waals surface area contributed by atoms with Gasteiger partial charge in [0.2, 0.25) is 0 Å². The average Bonchev–Trinajstić information content (AvgIpc) is 3.55. The van der Waals surface area contributed by atoms with Crippen LogP contribution in [0.25, 0.3) is 17.5 Å². The molecule has 196 valence electrons. The molecule has 4 saturated carbocycles. The number of morpholine rings is 1. The molecule has 4 bridgehead atoms. The number of ether oxygens (including phenoxy) is 2. The number of allylic oxidation sites excluding steroid dienone is 1. The molecule has 8 rings (SSSR count). The van der Waals surface area contributed by atoms with Crippen LogP contribution in [0.15, 0.2) is 16.8 Å². The minimum atomic E-state index is -0.485. The van der Waals surface area contributed by atoms with E-state index in [1.54, 1.807) is 18.2 Å². The van der Waals surface area contributed by atoms with E-state index in [0.29, 0.717) is 49.6 Å². The van der Waals surface area contributed by atoms with Crippen molar-refractivity contribution < 1.29 is 23.9 Å². The van der Waals surface area contributed by atoms with Gasteiger partial charge in [0.25, 0.3) is 17.6 Å². The maximum atomic E-state index is 13.2. The number of methoxy groups -OCH3 is 1. The Morgan fingerprint density at radius 3 is 2.92 bits per heavy atom. The van der Waals surface area contributed by atoms with Gasteiger partial charge in [0.1, 0.15) is 0 Å². The molecule has 5 fully saturated rings. The Kier molecular flexibility index (Phi) is 5.60. The predicted octanol–water partition coefficient (Wildman–Crippen LogP) is 2.54. The Bertz CT molecular complexity index is 1230. The minimum Gasteiger partial charge on any atom is -0.390 e. The zero-order valence-electron chi connectivity index (χ0n) is 21.1. The molecule has 3 heterocycles. The van der Waals surface area contributed by atoms with Crippen LogP contribution in [-0.2, 0) is 15.9 Å². The first-order valence-electron chi connectivity index (χ1n) is 13.4. The summed E-state index contributed by atoms with van der Waals surface area (Å²) in [6, 6.07) is 0.283. The van der Waals surface area contributed by atoms with Crippen molar-refractivity contribution in [3.05, 3.63) is 29.4 Å². The highest BCUT2D eigenvalue weighted by Gasteiger charge is 2.55. The molecule has 10 heteroatoms. The first kappa shape index (κ1) is 23.3. The highest BCUT2D eigenvalue weighted by molar-refractivity contribution is 5.91. The summed E-state index contributed by atoms with van der Waals surface area (Å²) in [6.45, 7) is 1.76. The van der Waals surface area contributed by atoms with E-state index in [2.05, 4.69) is 32.6 Å². The van der Waals surface area contributed by atoms with Gasteiger partial charge < -0.3 is 29.3 Å². The number of fused-ring (bicyclic) bond motifs is 1. The van der Waals surface area contributed by atoms with Crippen molar-refractivity contribution in [2.75, 3.05) is 38.7 Å². The fourth-order valence-corrected chi connectivity index (χ4v) is 7.65. The molecule has 5 aliphatic carbocycles. The predicted molar refractivity (Wildman–Crippen MR) is 134 cm³/mol. The van der Waals surface area contributed by atoms with Crippen LogP contribution >= 0.6 is 0 Å². The van der Waals surface area contributed by atoms with Crippen LogP contribution in [0.4, 0.5) is 5.69 Å². The minimum absolute atomic E-state index is 0.0342. The lowest BCUT2D eigenvalue weighted by Gasteiger charge is -2.58. The zero-order valence-corrected chi connectivity index (χ0v) is 21.1. The Balaban J connectivity index is 1.17. The number of hydrogen-bond acceptors (Lipinski definition) is 9. The van der Waals surface area contributed by atoms with Crippen LogP contribution in [0.2, 0.25) is 0 Å². The first-order chi connectivity index (χ1) is 18.0. The Morgan fingerprint density at radius 2 is 2.14 bits per heavy atom. The number of carbonyl (C=O) groups is 1. The second-order valence-electron chi connectivity index (χ2n) is 11.5. The molecule has 10 nitrogen and oxygen atoms in total. The van der Waals surface area contributed by atoms with E-state index >= 15 is 0 Å². The molecule has 2 N–H and O–H groups in total. The Labute approximate surface area is 215 Å². The van der Waals surface area contributed by atoms with Gasteiger partial charge in [-0.2, -0.15) is 4.98 Å².